The van der Waals surface area contributed by atoms with Crippen molar-refractivity contribution in [1.82, 2.24) is 5.32 Å². The van der Waals surface area contributed by atoms with Crippen molar-refractivity contribution in [3.05, 3.63) is 35.1 Å². The minimum atomic E-state index is -1.41. The third kappa shape index (κ3) is 2.46. The summed E-state index contributed by atoms with van der Waals surface area (Å²) in [6, 6.07) is -0.624. The van der Waals surface area contributed by atoms with Gasteiger partial charge in [0.15, 0.2) is 0 Å². The van der Waals surface area contributed by atoms with Crippen LogP contribution in [0.5, 0.6) is 0 Å². The van der Waals surface area contributed by atoms with E-state index in [1.807, 2.05) is 0 Å². The molecule has 7 heteroatoms. The number of benzene rings is 1. The van der Waals surface area contributed by atoms with Crippen LogP contribution in [0.2, 0.25) is 0 Å². The summed E-state index contributed by atoms with van der Waals surface area (Å²) in [4.78, 5) is 21.2. The SMILES string of the molecule is NC(=O)NC(=O)c1c(F)cc(F)cc1F. The predicted octanol–water partition coefficient (Wildman–Crippen LogP) is 0.912. The Kier molecular flexibility index (Phi) is 2.93. The summed E-state index contributed by atoms with van der Waals surface area (Å²) in [5, 5.41) is 1.46. The second-order valence-corrected chi connectivity index (χ2v) is 2.56. The molecule has 1 aromatic carbocycles. The molecule has 1 aromatic rings. The molecule has 0 aliphatic heterocycles. The van der Waals surface area contributed by atoms with Crippen LogP contribution < -0.4 is 11.1 Å². The van der Waals surface area contributed by atoms with Crippen molar-refractivity contribution in [2.75, 3.05) is 0 Å². The molecule has 0 saturated carbocycles. The van der Waals surface area contributed by atoms with E-state index in [-0.39, 0.29) is 0 Å². The highest BCUT2D eigenvalue weighted by molar-refractivity contribution is 6.04. The Hall–Kier alpha value is -2.05. The van der Waals surface area contributed by atoms with E-state index in [0.29, 0.717) is 12.1 Å². The highest BCUT2D eigenvalue weighted by Gasteiger charge is 2.19. The van der Waals surface area contributed by atoms with Crippen molar-refractivity contribution in [2.24, 2.45) is 5.73 Å². The molecule has 0 unspecified atom stereocenters. The number of imide groups is 1. The van der Waals surface area contributed by atoms with Crippen LogP contribution in [0.3, 0.4) is 0 Å². The quantitative estimate of drug-likeness (QED) is 0.735. The van der Waals surface area contributed by atoms with E-state index < -0.39 is 35.0 Å². The van der Waals surface area contributed by atoms with Gasteiger partial charge in [-0.15, -0.1) is 0 Å². The van der Waals surface area contributed by atoms with Gasteiger partial charge in [0.05, 0.1) is 0 Å². The van der Waals surface area contributed by atoms with Crippen LogP contribution in [0.25, 0.3) is 0 Å². The Morgan fingerprint density at radius 1 is 1.13 bits per heavy atom. The number of nitrogens with one attached hydrogen (secondary N) is 1. The van der Waals surface area contributed by atoms with E-state index in [1.54, 1.807) is 0 Å². The number of hydrogen-bond acceptors (Lipinski definition) is 2. The van der Waals surface area contributed by atoms with Gasteiger partial charge in [-0.05, 0) is 0 Å². The van der Waals surface area contributed by atoms with Crippen LogP contribution in [-0.2, 0) is 0 Å². The molecule has 0 radical (unpaired) electrons. The number of amides is 3. The number of carbonyl (C=O) groups excluding carboxylic acids is 2. The average Bonchev–Trinajstić information content (AvgIpc) is 1.99. The Balaban J connectivity index is 3.14. The third-order valence-corrected chi connectivity index (χ3v) is 1.47. The first-order valence-electron chi connectivity index (χ1n) is 3.67. The van der Waals surface area contributed by atoms with Gasteiger partial charge in [-0.2, -0.15) is 0 Å². The zero-order chi connectivity index (χ0) is 11.6. The average molecular weight is 218 g/mol. The molecule has 4 nitrogen and oxygen atoms in total. The molecule has 15 heavy (non-hydrogen) atoms. The van der Waals surface area contributed by atoms with Crippen molar-refractivity contribution < 1.29 is 22.8 Å². The summed E-state index contributed by atoms with van der Waals surface area (Å²) < 4.78 is 38.3. The van der Waals surface area contributed by atoms with Crippen LogP contribution in [-0.4, -0.2) is 11.9 Å². The summed E-state index contributed by atoms with van der Waals surface area (Å²) in [6.45, 7) is 0. The maximum absolute atomic E-state index is 12.9. The van der Waals surface area contributed by atoms with Gasteiger partial charge >= 0.3 is 6.03 Å². The highest BCUT2D eigenvalue weighted by atomic mass is 19.1. The van der Waals surface area contributed by atoms with Crippen molar-refractivity contribution in [2.45, 2.75) is 0 Å². The first-order valence-corrected chi connectivity index (χ1v) is 3.67. The van der Waals surface area contributed by atoms with Crippen LogP contribution in [0, 0.1) is 17.5 Å². The third-order valence-electron chi connectivity index (χ3n) is 1.47. The molecular weight excluding hydrogens is 213 g/mol. The highest BCUT2D eigenvalue weighted by Crippen LogP contribution is 2.14. The Labute approximate surface area is 81.9 Å². The maximum atomic E-state index is 12.9. The summed E-state index contributed by atoms with van der Waals surface area (Å²) >= 11 is 0. The van der Waals surface area contributed by atoms with Gasteiger partial charge in [0.2, 0.25) is 0 Å². The molecule has 3 amide bonds. The van der Waals surface area contributed by atoms with Crippen LogP contribution in [0.4, 0.5) is 18.0 Å². The van der Waals surface area contributed by atoms with E-state index in [9.17, 15) is 22.8 Å². The lowest BCUT2D eigenvalue weighted by molar-refractivity contribution is 0.0958. The van der Waals surface area contributed by atoms with Crippen molar-refractivity contribution in [3.8, 4) is 0 Å². The molecule has 0 heterocycles. The Morgan fingerprint density at radius 2 is 1.60 bits per heavy atom. The summed E-state index contributed by atoms with van der Waals surface area (Å²) in [7, 11) is 0. The largest absolute Gasteiger partial charge is 0.351 e. The molecule has 3 N–H and O–H groups in total. The van der Waals surface area contributed by atoms with E-state index in [2.05, 4.69) is 5.73 Å². The molecule has 1 rings (SSSR count). The van der Waals surface area contributed by atoms with Gasteiger partial charge in [0, 0.05) is 12.1 Å². The molecule has 0 aliphatic carbocycles. The molecule has 0 aliphatic rings. The minimum absolute atomic E-state index is 0.318. The van der Waals surface area contributed by atoms with Gasteiger partial charge in [0.25, 0.3) is 5.91 Å². The molecule has 0 aromatic heterocycles. The lowest BCUT2D eigenvalue weighted by Crippen LogP contribution is -2.36. The van der Waals surface area contributed by atoms with Gasteiger partial charge < -0.3 is 5.73 Å². The number of rotatable bonds is 1. The van der Waals surface area contributed by atoms with Gasteiger partial charge in [-0.3, -0.25) is 10.1 Å². The lowest BCUT2D eigenvalue weighted by atomic mass is 10.2. The van der Waals surface area contributed by atoms with E-state index >= 15 is 0 Å². The normalized spacial score (nSPS) is 9.80. The van der Waals surface area contributed by atoms with Crippen molar-refractivity contribution in [3.63, 3.8) is 0 Å². The maximum Gasteiger partial charge on any atom is 0.319 e. The van der Waals surface area contributed by atoms with Crippen molar-refractivity contribution in [1.29, 1.82) is 0 Å². The second-order valence-electron chi connectivity index (χ2n) is 2.56. The topological polar surface area (TPSA) is 72.2 Å². The summed E-state index contributed by atoms with van der Waals surface area (Å²) in [6.07, 6.45) is 0. The fourth-order valence-corrected chi connectivity index (χ4v) is 0.934. The molecule has 0 bridgehead atoms. The number of carbonyl (C=O) groups is 2. The molecule has 0 fully saturated rings. The Morgan fingerprint density at radius 3 is 2.00 bits per heavy atom. The van der Waals surface area contributed by atoms with Gasteiger partial charge in [-0.25, -0.2) is 18.0 Å². The van der Waals surface area contributed by atoms with Crippen LogP contribution in [0.1, 0.15) is 10.4 Å². The fraction of sp³-hybridized carbons (Fsp3) is 0. The molecule has 0 atom stereocenters. The molecule has 0 saturated heterocycles. The first kappa shape index (κ1) is 11.0. The van der Waals surface area contributed by atoms with E-state index in [4.69, 9.17) is 0 Å². The molecule has 0 spiro atoms. The fourth-order valence-electron chi connectivity index (χ4n) is 0.934. The summed E-state index contributed by atoms with van der Waals surface area (Å²) in [5.74, 6) is -5.35. The molecular formula is C8H5F3N2O2. The van der Waals surface area contributed by atoms with Crippen molar-refractivity contribution >= 4 is 11.9 Å². The van der Waals surface area contributed by atoms with E-state index in [1.165, 1.54) is 5.32 Å². The van der Waals surface area contributed by atoms with E-state index in [0.717, 1.165) is 0 Å². The predicted molar refractivity (Wildman–Crippen MR) is 43.4 cm³/mol. The van der Waals surface area contributed by atoms with Gasteiger partial charge in [-0.1, -0.05) is 0 Å². The van der Waals surface area contributed by atoms with Crippen LogP contribution in [0.15, 0.2) is 12.1 Å². The number of hydrogen-bond donors (Lipinski definition) is 2. The zero-order valence-corrected chi connectivity index (χ0v) is 7.18. The number of nitrogens with two attached hydrogens (primary N) is 1. The smallest absolute Gasteiger partial charge is 0.319 e. The first-order chi connectivity index (χ1) is 6.91. The standard InChI is InChI=1S/C8H5F3N2O2/c9-3-1-4(10)6(5(11)2-3)7(14)13-8(12)15/h1-2H,(H3,12,13,14,15). The number of halogens is 3. The van der Waals surface area contributed by atoms with Gasteiger partial charge in [0.1, 0.15) is 23.0 Å². The lowest BCUT2D eigenvalue weighted by Gasteiger charge is -2.03. The second kappa shape index (κ2) is 3.99. The zero-order valence-electron chi connectivity index (χ0n) is 7.18. The Bertz CT molecular complexity index is 411. The minimum Gasteiger partial charge on any atom is -0.351 e. The molecule has 80 valence electrons. The monoisotopic (exact) mass is 218 g/mol. The summed E-state index contributed by atoms with van der Waals surface area (Å²) in [5.41, 5.74) is 3.51. The number of primary amides is 1. The number of urea groups is 1. The van der Waals surface area contributed by atoms with Crippen LogP contribution >= 0.6 is 0 Å².